The molecule has 0 fully saturated rings. The van der Waals surface area contributed by atoms with Crippen LogP contribution >= 0.6 is 0 Å². The van der Waals surface area contributed by atoms with Crippen molar-refractivity contribution in [1.82, 2.24) is 9.88 Å². The molecule has 1 atom stereocenters. The third-order valence-electron chi connectivity index (χ3n) is 2.71. The highest BCUT2D eigenvalue weighted by atomic mass is 32.2. The highest BCUT2D eigenvalue weighted by molar-refractivity contribution is 7.89. The van der Waals surface area contributed by atoms with Crippen LogP contribution in [0.3, 0.4) is 0 Å². The molecule has 1 aromatic rings. The number of carbonyl (C=O) groups excluding carboxylic acids is 1. The monoisotopic (exact) mass is 321 g/mol. The lowest BCUT2D eigenvalue weighted by Gasteiger charge is -2.07. The summed E-state index contributed by atoms with van der Waals surface area (Å²) < 4.78 is 35.3. The Labute approximate surface area is 121 Å². The minimum absolute atomic E-state index is 0.0957. The van der Waals surface area contributed by atoms with Gasteiger partial charge in [0.05, 0.1) is 0 Å². The molecule has 0 spiro atoms. The van der Waals surface area contributed by atoms with E-state index in [9.17, 15) is 17.4 Å². The summed E-state index contributed by atoms with van der Waals surface area (Å²) in [5.41, 5.74) is 0.221. The first-order valence-electron chi connectivity index (χ1n) is 6.15. The summed E-state index contributed by atoms with van der Waals surface area (Å²) in [5, 5.41) is 7.65. The van der Waals surface area contributed by atoms with Crippen molar-refractivity contribution in [3.63, 3.8) is 0 Å². The van der Waals surface area contributed by atoms with Crippen LogP contribution in [0.1, 0.15) is 24.3 Å². The maximum atomic E-state index is 12.0. The van der Waals surface area contributed by atoms with Crippen molar-refractivity contribution in [3.8, 4) is 0 Å². The SMILES string of the molecule is CCn1cc(S(N)(=O)=O)cc1C(=O)NCCS(=O)CC. The first-order chi connectivity index (χ1) is 9.29. The molecule has 0 radical (unpaired) electrons. The van der Waals surface area contributed by atoms with Crippen LogP contribution in [0, 0.1) is 0 Å². The predicted molar refractivity (Wildman–Crippen MR) is 77.4 cm³/mol. The molecule has 0 aliphatic carbocycles. The molecular formula is C11H19N3O4S2. The van der Waals surface area contributed by atoms with Gasteiger partial charge in [-0.05, 0) is 13.0 Å². The summed E-state index contributed by atoms with van der Waals surface area (Å²) in [6, 6.07) is 1.24. The quantitative estimate of drug-likeness (QED) is 0.715. The van der Waals surface area contributed by atoms with E-state index in [-0.39, 0.29) is 17.1 Å². The summed E-state index contributed by atoms with van der Waals surface area (Å²) in [5.74, 6) is 0.503. The van der Waals surface area contributed by atoms with Gasteiger partial charge in [0.1, 0.15) is 10.6 Å². The van der Waals surface area contributed by atoms with Crippen molar-refractivity contribution in [2.24, 2.45) is 5.14 Å². The molecule has 1 unspecified atom stereocenters. The number of sulfonamides is 1. The number of primary sulfonamides is 1. The predicted octanol–water partition coefficient (Wildman–Crippen LogP) is -0.346. The van der Waals surface area contributed by atoms with Gasteiger partial charge >= 0.3 is 0 Å². The van der Waals surface area contributed by atoms with Crippen molar-refractivity contribution in [2.45, 2.75) is 25.3 Å². The van der Waals surface area contributed by atoms with Crippen LogP contribution in [0.25, 0.3) is 0 Å². The van der Waals surface area contributed by atoms with E-state index in [1.165, 1.54) is 16.8 Å². The van der Waals surface area contributed by atoms with Gasteiger partial charge in [-0.2, -0.15) is 0 Å². The second-order valence-corrected chi connectivity index (χ2v) is 7.51. The van der Waals surface area contributed by atoms with Gasteiger partial charge in [-0.15, -0.1) is 0 Å². The average molecular weight is 321 g/mol. The van der Waals surface area contributed by atoms with E-state index in [1.54, 1.807) is 13.8 Å². The number of aromatic nitrogens is 1. The lowest BCUT2D eigenvalue weighted by atomic mass is 10.4. The summed E-state index contributed by atoms with van der Waals surface area (Å²) in [6.45, 7) is 4.31. The zero-order valence-corrected chi connectivity index (χ0v) is 13.1. The lowest BCUT2D eigenvalue weighted by molar-refractivity contribution is 0.0947. The second-order valence-electron chi connectivity index (χ2n) is 4.08. The highest BCUT2D eigenvalue weighted by Gasteiger charge is 2.18. The summed E-state index contributed by atoms with van der Waals surface area (Å²) in [7, 11) is -4.79. The normalized spacial score (nSPS) is 13.2. The number of hydrogen-bond donors (Lipinski definition) is 2. The Kier molecular flexibility index (Phi) is 5.90. The van der Waals surface area contributed by atoms with Gasteiger partial charge in [-0.3, -0.25) is 9.00 Å². The molecule has 20 heavy (non-hydrogen) atoms. The van der Waals surface area contributed by atoms with Crippen molar-refractivity contribution in [2.75, 3.05) is 18.1 Å². The van der Waals surface area contributed by atoms with Crippen LogP contribution in [0.15, 0.2) is 17.2 Å². The number of rotatable bonds is 7. The number of aryl methyl sites for hydroxylation is 1. The van der Waals surface area contributed by atoms with Gasteiger partial charge in [0.2, 0.25) is 10.0 Å². The Hall–Kier alpha value is -1.19. The molecule has 1 amide bonds. The molecule has 1 rings (SSSR count). The Morgan fingerprint density at radius 1 is 1.45 bits per heavy atom. The van der Waals surface area contributed by atoms with Crippen molar-refractivity contribution in [1.29, 1.82) is 0 Å². The Morgan fingerprint density at radius 2 is 2.10 bits per heavy atom. The van der Waals surface area contributed by atoms with Gasteiger partial charge < -0.3 is 9.88 Å². The minimum Gasteiger partial charge on any atom is -0.350 e. The molecule has 0 aliphatic rings. The summed E-state index contributed by atoms with van der Waals surface area (Å²) in [6.07, 6.45) is 1.33. The van der Waals surface area contributed by atoms with E-state index in [0.29, 0.717) is 18.1 Å². The first-order valence-corrected chi connectivity index (χ1v) is 9.19. The molecule has 114 valence electrons. The van der Waals surface area contributed by atoms with E-state index < -0.39 is 26.7 Å². The van der Waals surface area contributed by atoms with Crippen LogP contribution in [0.2, 0.25) is 0 Å². The maximum Gasteiger partial charge on any atom is 0.267 e. The fourth-order valence-corrected chi connectivity index (χ4v) is 2.77. The van der Waals surface area contributed by atoms with E-state index in [4.69, 9.17) is 5.14 Å². The standard InChI is InChI=1S/C11H19N3O4S2/c1-3-14-8-9(20(12,17)18)7-10(14)11(15)13-5-6-19(16)4-2/h7-8H,3-6H2,1-2H3,(H,13,15)(H2,12,17,18). The van der Waals surface area contributed by atoms with Crippen molar-refractivity contribution >= 4 is 26.7 Å². The number of hydrogen-bond acceptors (Lipinski definition) is 4. The van der Waals surface area contributed by atoms with Crippen molar-refractivity contribution in [3.05, 3.63) is 18.0 Å². The van der Waals surface area contributed by atoms with E-state index in [1.807, 2.05) is 0 Å². The molecule has 7 nitrogen and oxygen atoms in total. The Balaban J connectivity index is 2.82. The minimum atomic E-state index is -3.84. The first kappa shape index (κ1) is 16.9. The topological polar surface area (TPSA) is 111 Å². The molecular weight excluding hydrogens is 302 g/mol. The lowest BCUT2D eigenvalue weighted by Crippen LogP contribution is -2.29. The van der Waals surface area contributed by atoms with Crippen LogP contribution in [-0.2, 0) is 27.4 Å². The Bertz CT molecular complexity index is 607. The third-order valence-corrected chi connectivity index (χ3v) is 4.89. The van der Waals surface area contributed by atoms with Crippen LogP contribution in [0.5, 0.6) is 0 Å². The number of nitrogens with zero attached hydrogens (tertiary/aromatic N) is 1. The maximum absolute atomic E-state index is 12.0. The molecule has 1 heterocycles. The molecule has 0 saturated heterocycles. The van der Waals surface area contributed by atoms with Crippen LogP contribution in [-0.4, -0.2) is 41.2 Å². The highest BCUT2D eigenvalue weighted by Crippen LogP contribution is 2.13. The van der Waals surface area contributed by atoms with Gasteiger partial charge in [-0.1, -0.05) is 6.92 Å². The van der Waals surface area contributed by atoms with E-state index >= 15 is 0 Å². The number of amides is 1. The zero-order valence-electron chi connectivity index (χ0n) is 11.5. The van der Waals surface area contributed by atoms with E-state index in [2.05, 4.69) is 5.32 Å². The number of carbonyl (C=O) groups is 1. The fraction of sp³-hybridized carbons (Fsp3) is 0.545. The molecule has 0 saturated carbocycles. The summed E-state index contributed by atoms with van der Waals surface area (Å²) in [4.78, 5) is 11.9. The zero-order chi connectivity index (χ0) is 15.3. The molecule has 3 N–H and O–H groups in total. The van der Waals surface area contributed by atoms with Gasteiger partial charge in [-0.25, -0.2) is 13.6 Å². The van der Waals surface area contributed by atoms with E-state index in [0.717, 1.165) is 0 Å². The fourth-order valence-electron chi connectivity index (χ4n) is 1.60. The molecule has 9 heteroatoms. The van der Waals surface area contributed by atoms with Gasteiger partial charge in [0.15, 0.2) is 0 Å². The number of nitrogens with two attached hydrogens (primary N) is 1. The van der Waals surface area contributed by atoms with Crippen LogP contribution < -0.4 is 10.5 Å². The molecule has 0 aliphatic heterocycles. The van der Waals surface area contributed by atoms with Crippen LogP contribution in [0.4, 0.5) is 0 Å². The average Bonchev–Trinajstić information content (AvgIpc) is 2.82. The Morgan fingerprint density at radius 3 is 2.60 bits per heavy atom. The van der Waals surface area contributed by atoms with Gasteiger partial charge in [0.25, 0.3) is 5.91 Å². The molecule has 1 aromatic heterocycles. The van der Waals surface area contributed by atoms with Gasteiger partial charge in [0, 0.05) is 41.6 Å². The van der Waals surface area contributed by atoms with Crippen molar-refractivity contribution < 1.29 is 17.4 Å². The third kappa shape index (κ3) is 4.43. The smallest absolute Gasteiger partial charge is 0.267 e. The molecule has 0 bridgehead atoms. The summed E-state index contributed by atoms with van der Waals surface area (Å²) >= 11 is 0. The second kappa shape index (κ2) is 7.00. The number of nitrogens with one attached hydrogen (secondary N) is 1. The largest absolute Gasteiger partial charge is 0.350 e. The molecule has 0 aromatic carbocycles.